The molecule has 2 aromatic carbocycles. The molecule has 0 saturated heterocycles. The first-order valence-corrected chi connectivity index (χ1v) is 8.95. The lowest BCUT2D eigenvalue weighted by Crippen LogP contribution is -2.20. The molecule has 5 heteroatoms. The van der Waals surface area contributed by atoms with Crippen LogP contribution in [0, 0.1) is 6.92 Å². The summed E-state index contributed by atoms with van der Waals surface area (Å²) >= 11 is 1.59. The smallest absolute Gasteiger partial charge is 0.0945 e. The van der Waals surface area contributed by atoms with Crippen LogP contribution in [0.15, 0.2) is 71.8 Å². The zero-order valence-electron chi connectivity index (χ0n) is 14.3. The molecule has 0 amide bonds. The van der Waals surface area contributed by atoms with Crippen molar-refractivity contribution in [2.75, 3.05) is 11.3 Å². The lowest BCUT2D eigenvalue weighted by atomic mass is 10.2. The molecule has 0 aliphatic heterocycles. The zero-order chi connectivity index (χ0) is 17.6. The highest BCUT2D eigenvalue weighted by Crippen LogP contribution is 2.27. The van der Waals surface area contributed by atoms with E-state index in [1.807, 2.05) is 12.1 Å². The molecule has 0 saturated carbocycles. The summed E-state index contributed by atoms with van der Waals surface area (Å²) in [6.07, 6.45) is 0. The van der Waals surface area contributed by atoms with E-state index in [9.17, 15) is 0 Å². The standard InChI is InChI=1S/C20H22N4S/c1-14-6-10-18(11-7-14)25-24-19-5-3-4-16-8-9-17(23-20(16)19)13-22-12-15(2)21/h3-11,22,24H,2,12-13,21H2,1H3. The maximum atomic E-state index is 5.59. The first kappa shape index (κ1) is 17.3. The Balaban J connectivity index is 1.77. The third-order valence-electron chi connectivity index (χ3n) is 3.74. The van der Waals surface area contributed by atoms with Crippen LogP contribution in [0.5, 0.6) is 0 Å². The minimum absolute atomic E-state index is 0.586. The van der Waals surface area contributed by atoms with Crippen LogP contribution in [0.4, 0.5) is 5.69 Å². The third-order valence-corrected chi connectivity index (χ3v) is 4.57. The highest BCUT2D eigenvalue weighted by molar-refractivity contribution is 8.00. The SMILES string of the molecule is C=C(N)CNCc1ccc2cccc(NSc3ccc(C)cc3)c2n1. The van der Waals surface area contributed by atoms with Gasteiger partial charge in [-0.05, 0) is 43.1 Å². The maximum Gasteiger partial charge on any atom is 0.0945 e. The fraction of sp³-hybridized carbons (Fsp3) is 0.150. The summed E-state index contributed by atoms with van der Waals surface area (Å²) < 4.78 is 3.42. The van der Waals surface area contributed by atoms with E-state index in [2.05, 4.69) is 66.0 Å². The van der Waals surface area contributed by atoms with Crippen LogP contribution in [0.1, 0.15) is 11.3 Å². The summed E-state index contributed by atoms with van der Waals surface area (Å²) in [7, 11) is 0. The average Bonchev–Trinajstić information content (AvgIpc) is 2.61. The van der Waals surface area contributed by atoms with Gasteiger partial charge in [-0.15, -0.1) is 0 Å². The van der Waals surface area contributed by atoms with E-state index in [1.165, 1.54) is 10.5 Å². The second-order valence-electron chi connectivity index (χ2n) is 5.96. The van der Waals surface area contributed by atoms with Crippen LogP contribution in [-0.4, -0.2) is 11.5 Å². The second-order valence-corrected chi connectivity index (χ2v) is 6.84. The summed E-state index contributed by atoms with van der Waals surface area (Å²) in [6.45, 7) is 7.02. The molecule has 3 rings (SSSR count). The Morgan fingerprint density at radius 3 is 2.68 bits per heavy atom. The minimum Gasteiger partial charge on any atom is -0.401 e. The Bertz CT molecular complexity index is 875. The van der Waals surface area contributed by atoms with Gasteiger partial charge in [0.15, 0.2) is 0 Å². The third kappa shape index (κ3) is 4.75. The largest absolute Gasteiger partial charge is 0.401 e. The molecule has 0 spiro atoms. The molecule has 0 atom stereocenters. The molecule has 0 bridgehead atoms. The Morgan fingerprint density at radius 2 is 1.92 bits per heavy atom. The van der Waals surface area contributed by atoms with Crippen molar-refractivity contribution in [2.24, 2.45) is 5.73 Å². The van der Waals surface area contributed by atoms with Crippen LogP contribution in [0.3, 0.4) is 0 Å². The predicted octanol–water partition coefficient (Wildman–Crippen LogP) is 4.22. The van der Waals surface area contributed by atoms with Crippen molar-refractivity contribution in [1.29, 1.82) is 0 Å². The summed E-state index contributed by atoms with van der Waals surface area (Å²) in [4.78, 5) is 5.96. The number of hydrogen-bond donors (Lipinski definition) is 3. The molecule has 0 unspecified atom stereocenters. The van der Waals surface area contributed by atoms with Crippen molar-refractivity contribution in [1.82, 2.24) is 10.3 Å². The van der Waals surface area contributed by atoms with Gasteiger partial charge in [0.2, 0.25) is 0 Å². The van der Waals surface area contributed by atoms with E-state index in [-0.39, 0.29) is 0 Å². The average molecular weight is 350 g/mol. The van der Waals surface area contributed by atoms with Crippen LogP contribution in [0.2, 0.25) is 0 Å². The van der Waals surface area contributed by atoms with Crippen molar-refractivity contribution in [3.63, 3.8) is 0 Å². The second kappa shape index (κ2) is 8.05. The van der Waals surface area contributed by atoms with Gasteiger partial charge in [0.1, 0.15) is 0 Å². The van der Waals surface area contributed by atoms with Gasteiger partial charge in [-0.1, -0.05) is 42.5 Å². The molecule has 1 heterocycles. The molecule has 0 radical (unpaired) electrons. The number of nitrogens with two attached hydrogens (primary N) is 1. The number of para-hydroxylation sites is 1. The van der Waals surface area contributed by atoms with E-state index < -0.39 is 0 Å². The molecule has 4 N–H and O–H groups in total. The quantitative estimate of drug-likeness (QED) is 0.557. The van der Waals surface area contributed by atoms with Crippen LogP contribution >= 0.6 is 11.9 Å². The Labute approximate surface area is 152 Å². The summed E-state index contributed by atoms with van der Waals surface area (Å²) in [5.41, 5.74) is 10.4. The molecule has 1 aromatic heterocycles. The van der Waals surface area contributed by atoms with Gasteiger partial charge in [0.05, 0.1) is 16.9 Å². The lowest BCUT2D eigenvalue weighted by molar-refractivity contribution is 0.722. The molecule has 0 fully saturated rings. The highest BCUT2D eigenvalue weighted by Gasteiger charge is 2.05. The van der Waals surface area contributed by atoms with Gasteiger partial charge in [-0.25, -0.2) is 4.98 Å². The Kier molecular flexibility index (Phi) is 5.58. The number of hydrogen-bond acceptors (Lipinski definition) is 5. The summed E-state index contributed by atoms with van der Waals surface area (Å²) in [5.74, 6) is 0. The summed E-state index contributed by atoms with van der Waals surface area (Å²) in [5, 5.41) is 4.35. The molecule has 4 nitrogen and oxygen atoms in total. The monoisotopic (exact) mass is 350 g/mol. The fourth-order valence-corrected chi connectivity index (χ4v) is 3.10. The molecule has 0 aliphatic carbocycles. The number of pyridine rings is 1. The van der Waals surface area contributed by atoms with E-state index in [1.54, 1.807) is 11.9 Å². The van der Waals surface area contributed by atoms with E-state index in [4.69, 9.17) is 10.7 Å². The minimum atomic E-state index is 0.586. The molecular weight excluding hydrogens is 328 g/mol. The summed E-state index contributed by atoms with van der Waals surface area (Å²) in [6, 6.07) is 18.7. The molecule has 3 aromatic rings. The number of aryl methyl sites for hydroxylation is 1. The molecule has 25 heavy (non-hydrogen) atoms. The number of nitrogens with zero attached hydrogens (tertiary/aromatic N) is 1. The number of aromatic nitrogens is 1. The molecular formula is C20H22N4S. The number of anilines is 1. The van der Waals surface area contributed by atoms with Gasteiger partial charge < -0.3 is 15.8 Å². The number of rotatable bonds is 7. The lowest BCUT2D eigenvalue weighted by Gasteiger charge is -2.10. The highest BCUT2D eigenvalue weighted by atomic mass is 32.2. The van der Waals surface area contributed by atoms with Crippen molar-refractivity contribution in [3.8, 4) is 0 Å². The van der Waals surface area contributed by atoms with Gasteiger partial charge >= 0.3 is 0 Å². The topological polar surface area (TPSA) is 63.0 Å². The normalized spacial score (nSPS) is 10.8. The van der Waals surface area contributed by atoms with Crippen molar-refractivity contribution < 1.29 is 0 Å². The Morgan fingerprint density at radius 1 is 1.12 bits per heavy atom. The van der Waals surface area contributed by atoms with Crippen molar-refractivity contribution >= 4 is 28.5 Å². The van der Waals surface area contributed by atoms with E-state index in [0.29, 0.717) is 18.8 Å². The van der Waals surface area contributed by atoms with Crippen molar-refractivity contribution in [3.05, 3.63) is 78.1 Å². The first-order chi connectivity index (χ1) is 12.1. The first-order valence-electron chi connectivity index (χ1n) is 8.14. The number of fused-ring (bicyclic) bond motifs is 1. The van der Waals surface area contributed by atoms with Gasteiger partial charge in [0.25, 0.3) is 0 Å². The fourth-order valence-electron chi connectivity index (χ4n) is 2.44. The maximum absolute atomic E-state index is 5.59. The van der Waals surface area contributed by atoms with Gasteiger partial charge in [-0.3, -0.25) is 0 Å². The van der Waals surface area contributed by atoms with E-state index >= 15 is 0 Å². The van der Waals surface area contributed by atoms with Crippen LogP contribution < -0.4 is 15.8 Å². The van der Waals surface area contributed by atoms with Crippen LogP contribution in [0.25, 0.3) is 10.9 Å². The number of nitrogens with one attached hydrogen (secondary N) is 2. The predicted molar refractivity (Wildman–Crippen MR) is 107 cm³/mol. The van der Waals surface area contributed by atoms with Crippen LogP contribution in [-0.2, 0) is 6.54 Å². The van der Waals surface area contributed by atoms with Gasteiger partial charge in [-0.2, -0.15) is 0 Å². The number of benzene rings is 2. The Hall–Kier alpha value is -2.50. The van der Waals surface area contributed by atoms with Crippen molar-refractivity contribution in [2.45, 2.75) is 18.4 Å². The van der Waals surface area contributed by atoms with E-state index in [0.717, 1.165) is 22.3 Å². The van der Waals surface area contributed by atoms with Gasteiger partial charge in [0, 0.05) is 29.1 Å². The molecule has 128 valence electrons. The zero-order valence-corrected chi connectivity index (χ0v) is 15.1. The molecule has 0 aliphatic rings.